The lowest BCUT2D eigenvalue weighted by Gasteiger charge is -2.27. The van der Waals surface area contributed by atoms with E-state index >= 15 is 0 Å². The van der Waals surface area contributed by atoms with Crippen LogP contribution in [0.4, 0.5) is 0 Å². The monoisotopic (exact) mass is 304 g/mol. The molecule has 1 rings (SSSR count). The third kappa shape index (κ3) is 5.68. The van der Waals surface area contributed by atoms with Crippen LogP contribution in [0.15, 0.2) is 0 Å². The van der Waals surface area contributed by atoms with E-state index in [0.717, 1.165) is 0 Å². The first kappa shape index (κ1) is 17.3. The Morgan fingerprint density at radius 2 is 1.95 bits per heavy atom. The second-order valence-electron chi connectivity index (χ2n) is 4.89. The number of amides is 2. The molecule has 1 fully saturated rings. The number of carbonyl (C=O) groups is 2. The molecule has 0 aromatic heterocycles. The minimum atomic E-state index is -0.0404. The fourth-order valence-corrected chi connectivity index (χ4v) is 2.79. The number of rotatable bonds is 7. The van der Waals surface area contributed by atoms with Crippen molar-refractivity contribution in [3.05, 3.63) is 0 Å². The third-order valence-corrected chi connectivity index (χ3v) is 4.00. The molecule has 116 valence electrons. The molecular formula is C13H24N2O4S. The molecular weight excluding hydrogens is 280 g/mol. The minimum absolute atomic E-state index is 0.0335. The normalized spacial score (nSPS) is 15.5. The lowest BCUT2D eigenvalue weighted by Crippen LogP contribution is -2.42. The highest BCUT2D eigenvalue weighted by Crippen LogP contribution is 2.08. The van der Waals surface area contributed by atoms with Crippen LogP contribution in [0, 0.1) is 0 Å². The van der Waals surface area contributed by atoms with Crippen molar-refractivity contribution in [1.82, 2.24) is 9.80 Å². The van der Waals surface area contributed by atoms with Crippen LogP contribution in [0.25, 0.3) is 0 Å². The molecule has 0 aliphatic carbocycles. The minimum Gasteiger partial charge on any atom is -0.395 e. The Bertz CT molecular complexity index is 319. The number of aliphatic hydroxyl groups is 1. The second kappa shape index (κ2) is 9.20. The van der Waals surface area contributed by atoms with Gasteiger partial charge in [-0.1, -0.05) is 0 Å². The quantitative estimate of drug-likeness (QED) is 0.706. The lowest BCUT2D eigenvalue weighted by atomic mass is 10.3. The van der Waals surface area contributed by atoms with Gasteiger partial charge in [0.05, 0.1) is 31.3 Å². The summed E-state index contributed by atoms with van der Waals surface area (Å²) in [5.41, 5.74) is 0. The van der Waals surface area contributed by atoms with E-state index in [4.69, 9.17) is 9.84 Å². The molecule has 1 saturated heterocycles. The van der Waals surface area contributed by atoms with E-state index in [1.807, 2.05) is 13.8 Å². The van der Waals surface area contributed by atoms with E-state index < -0.39 is 0 Å². The summed E-state index contributed by atoms with van der Waals surface area (Å²) in [4.78, 5) is 27.3. The van der Waals surface area contributed by atoms with Gasteiger partial charge >= 0.3 is 0 Å². The van der Waals surface area contributed by atoms with Crippen molar-refractivity contribution in [2.45, 2.75) is 19.9 Å². The summed E-state index contributed by atoms with van der Waals surface area (Å²) >= 11 is 1.33. The molecule has 0 spiro atoms. The largest absolute Gasteiger partial charge is 0.395 e. The number of hydrogen-bond donors (Lipinski definition) is 1. The molecule has 1 heterocycles. The Morgan fingerprint density at radius 3 is 2.50 bits per heavy atom. The van der Waals surface area contributed by atoms with Crippen molar-refractivity contribution in [3.63, 3.8) is 0 Å². The molecule has 0 aromatic rings. The van der Waals surface area contributed by atoms with Crippen molar-refractivity contribution < 1.29 is 19.4 Å². The molecule has 0 aromatic carbocycles. The lowest BCUT2D eigenvalue weighted by molar-refractivity contribution is -0.132. The van der Waals surface area contributed by atoms with Crippen LogP contribution < -0.4 is 0 Å². The average Bonchev–Trinajstić information content (AvgIpc) is 2.45. The van der Waals surface area contributed by atoms with Crippen LogP contribution in [-0.2, 0) is 14.3 Å². The van der Waals surface area contributed by atoms with Gasteiger partial charge in [0.2, 0.25) is 11.8 Å². The molecule has 20 heavy (non-hydrogen) atoms. The maximum atomic E-state index is 12.0. The maximum absolute atomic E-state index is 12.0. The fourth-order valence-electron chi connectivity index (χ4n) is 1.99. The Hall–Kier alpha value is -0.790. The van der Waals surface area contributed by atoms with Crippen molar-refractivity contribution in [3.8, 4) is 0 Å². The molecule has 1 aliphatic heterocycles. The Labute approximate surface area is 124 Å². The van der Waals surface area contributed by atoms with E-state index in [9.17, 15) is 9.59 Å². The predicted octanol–water partition coefficient (Wildman–Crippen LogP) is -0.192. The first-order chi connectivity index (χ1) is 9.56. The molecule has 0 atom stereocenters. The molecule has 1 aliphatic rings. The van der Waals surface area contributed by atoms with Crippen LogP contribution in [0.2, 0.25) is 0 Å². The third-order valence-electron chi connectivity index (χ3n) is 3.10. The average molecular weight is 304 g/mol. The van der Waals surface area contributed by atoms with E-state index in [1.165, 1.54) is 11.8 Å². The highest BCUT2D eigenvalue weighted by Gasteiger charge is 2.19. The first-order valence-electron chi connectivity index (χ1n) is 6.90. The van der Waals surface area contributed by atoms with Crippen molar-refractivity contribution in [1.29, 1.82) is 0 Å². The summed E-state index contributed by atoms with van der Waals surface area (Å²) < 4.78 is 5.19. The van der Waals surface area contributed by atoms with Crippen LogP contribution in [0.3, 0.4) is 0 Å². The summed E-state index contributed by atoms with van der Waals surface area (Å²) in [6.45, 7) is 6.58. The molecule has 7 heteroatoms. The van der Waals surface area contributed by atoms with Gasteiger partial charge in [-0.15, -0.1) is 11.8 Å². The zero-order valence-corrected chi connectivity index (χ0v) is 13.0. The first-order valence-corrected chi connectivity index (χ1v) is 8.05. The van der Waals surface area contributed by atoms with Crippen molar-refractivity contribution >= 4 is 23.6 Å². The number of morpholine rings is 1. The summed E-state index contributed by atoms with van der Waals surface area (Å²) in [7, 11) is 0. The number of hydrogen-bond acceptors (Lipinski definition) is 5. The van der Waals surface area contributed by atoms with Crippen molar-refractivity contribution in [2.75, 3.05) is 51.0 Å². The van der Waals surface area contributed by atoms with Crippen LogP contribution in [0.5, 0.6) is 0 Å². The molecule has 0 radical (unpaired) electrons. The van der Waals surface area contributed by atoms with Gasteiger partial charge in [0.25, 0.3) is 0 Å². The Morgan fingerprint density at radius 1 is 1.30 bits per heavy atom. The van der Waals surface area contributed by atoms with Gasteiger partial charge in [0.1, 0.15) is 0 Å². The Balaban J connectivity index is 2.27. The predicted molar refractivity (Wildman–Crippen MR) is 78.7 cm³/mol. The van der Waals surface area contributed by atoms with Crippen LogP contribution in [-0.4, -0.2) is 83.7 Å². The number of thioether (sulfide) groups is 1. The smallest absolute Gasteiger partial charge is 0.232 e. The van der Waals surface area contributed by atoms with Gasteiger partial charge in [-0.3, -0.25) is 9.59 Å². The summed E-state index contributed by atoms with van der Waals surface area (Å²) in [5.74, 6) is 0.614. The number of carbonyl (C=O) groups excluding carboxylic acids is 2. The standard InChI is InChI=1S/C13H24N2O4S/c1-11(2)15(3-6-16)13(18)10-20-9-12(17)14-4-7-19-8-5-14/h11,16H,3-10H2,1-2H3. The van der Waals surface area contributed by atoms with E-state index in [-0.39, 0.29) is 30.2 Å². The van der Waals surface area contributed by atoms with Gasteiger partial charge in [-0.2, -0.15) is 0 Å². The molecule has 1 N–H and O–H groups in total. The number of nitrogens with zero attached hydrogens (tertiary/aromatic N) is 2. The summed E-state index contributed by atoms with van der Waals surface area (Å²) in [6, 6.07) is 0.0604. The van der Waals surface area contributed by atoms with Crippen LogP contribution in [0.1, 0.15) is 13.8 Å². The van der Waals surface area contributed by atoms with Crippen LogP contribution >= 0.6 is 11.8 Å². The SMILES string of the molecule is CC(C)N(CCO)C(=O)CSCC(=O)N1CCOCC1. The van der Waals surface area contributed by atoms with E-state index in [2.05, 4.69) is 0 Å². The van der Waals surface area contributed by atoms with Gasteiger partial charge in [-0.25, -0.2) is 0 Å². The topological polar surface area (TPSA) is 70.1 Å². The van der Waals surface area contributed by atoms with Gasteiger partial charge in [0.15, 0.2) is 0 Å². The Kier molecular flexibility index (Phi) is 7.94. The van der Waals surface area contributed by atoms with Gasteiger partial charge in [-0.05, 0) is 13.8 Å². The van der Waals surface area contributed by atoms with Crippen molar-refractivity contribution in [2.24, 2.45) is 0 Å². The fraction of sp³-hybridized carbons (Fsp3) is 0.846. The maximum Gasteiger partial charge on any atom is 0.232 e. The molecule has 0 bridgehead atoms. The zero-order chi connectivity index (χ0) is 15.0. The zero-order valence-electron chi connectivity index (χ0n) is 12.2. The van der Waals surface area contributed by atoms with E-state index in [0.29, 0.717) is 38.6 Å². The number of aliphatic hydroxyl groups excluding tert-OH is 1. The molecule has 0 saturated carbocycles. The van der Waals surface area contributed by atoms with Gasteiger partial charge < -0.3 is 19.6 Å². The second-order valence-corrected chi connectivity index (χ2v) is 5.88. The van der Waals surface area contributed by atoms with E-state index in [1.54, 1.807) is 9.80 Å². The highest BCUT2D eigenvalue weighted by molar-refractivity contribution is 8.00. The van der Waals surface area contributed by atoms with Gasteiger partial charge in [0, 0.05) is 25.7 Å². The molecule has 2 amide bonds. The summed E-state index contributed by atoms with van der Waals surface area (Å²) in [6.07, 6.45) is 0. The highest BCUT2D eigenvalue weighted by atomic mass is 32.2. The number of ether oxygens (including phenoxy) is 1. The molecule has 0 unspecified atom stereocenters. The molecule has 6 nitrogen and oxygen atoms in total. The summed E-state index contributed by atoms with van der Waals surface area (Å²) in [5, 5.41) is 8.94.